The van der Waals surface area contributed by atoms with Crippen LogP contribution in [0, 0.1) is 5.82 Å². The van der Waals surface area contributed by atoms with E-state index < -0.39 is 23.8 Å². The van der Waals surface area contributed by atoms with Crippen molar-refractivity contribution in [3.63, 3.8) is 0 Å². The van der Waals surface area contributed by atoms with Crippen molar-refractivity contribution in [2.24, 2.45) is 0 Å². The number of anilines is 6. The Hall–Kier alpha value is -4.68. The van der Waals surface area contributed by atoms with E-state index in [-0.39, 0.29) is 42.0 Å². The monoisotopic (exact) mass is 502 g/mol. The van der Waals surface area contributed by atoms with E-state index in [9.17, 15) is 27.2 Å². The second kappa shape index (κ2) is 9.90. The first-order valence-electron chi connectivity index (χ1n) is 10.4. The van der Waals surface area contributed by atoms with Crippen molar-refractivity contribution in [3.05, 3.63) is 67.1 Å². The van der Waals surface area contributed by atoms with Gasteiger partial charge in [0.1, 0.15) is 12.4 Å². The molecule has 2 aromatic carbocycles. The lowest BCUT2D eigenvalue weighted by Gasteiger charge is -2.30. The number of ether oxygens (including phenoxy) is 1. The third-order valence-electron chi connectivity index (χ3n) is 4.89. The molecule has 0 saturated heterocycles. The number of rotatable bonds is 6. The van der Waals surface area contributed by atoms with Gasteiger partial charge in [0, 0.05) is 17.1 Å². The van der Waals surface area contributed by atoms with E-state index in [1.54, 1.807) is 24.3 Å². The van der Waals surface area contributed by atoms with Gasteiger partial charge in [0.15, 0.2) is 11.6 Å². The lowest BCUT2D eigenvalue weighted by molar-refractivity contribution is -0.170. The first-order chi connectivity index (χ1) is 17.1. The molecule has 13 heteroatoms. The highest BCUT2D eigenvalue weighted by Crippen LogP contribution is 2.37. The molecule has 3 N–H and O–H groups in total. The quantitative estimate of drug-likeness (QED) is 0.336. The maximum atomic E-state index is 14.4. The van der Waals surface area contributed by atoms with Crippen molar-refractivity contribution in [2.45, 2.75) is 6.18 Å². The third-order valence-corrected chi connectivity index (χ3v) is 4.89. The Labute approximate surface area is 201 Å². The summed E-state index contributed by atoms with van der Waals surface area (Å²) in [6.45, 7) is 3.01. The standard InChI is InChI=1S/C23H18F4N6O3/c1-2-19(34)29-13-4-3-5-14(10-13)30-20-16(24)12-28-22(32-20)31-15-6-7-18-17(11-15)33(8-9-36-18)21(35)23(25,26)27/h2-7,10-12H,1,8-9H2,(H,29,34)(H2,28,30,31,32). The van der Waals surface area contributed by atoms with Crippen LogP contribution in [0.3, 0.4) is 0 Å². The summed E-state index contributed by atoms with van der Waals surface area (Å²) in [5.74, 6) is -3.37. The van der Waals surface area contributed by atoms with Gasteiger partial charge in [-0.2, -0.15) is 18.2 Å². The van der Waals surface area contributed by atoms with Crippen LogP contribution < -0.4 is 25.6 Å². The van der Waals surface area contributed by atoms with Gasteiger partial charge in [-0.15, -0.1) is 0 Å². The molecule has 0 aliphatic carbocycles. The van der Waals surface area contributed by atoms with Crippen molar-refractivity contribution in [2.75, 3.05) is 34.0 Å². The van der Waals surface area contributed by atoms with Crippen LogP contribution in [0.15, 0.2) is 61.3 Å². The molecule has 0 saturated carbocycles. The molecule has 0 atom stereocenters. The molecule has 36 heavy (non-hydrogen) atoms. The minimum atomic E-state index is -5.05. The fourth-order valence-electron chi connectivity index (χ4n) is 3.31. The Morgan fingerprint density at radius 3 is 2.58 bits per heavy atom. The maximum absolute atomic E-state index is 14.4. The number of hydrogen-bond donors (Lipinski definition) is 3. The van der Waals surface area contributed by atoms with E-state index >= 15 is 0 Å². The van der Waals surface area contributed by atoms with E-state index in [1.807, 2.05) is 0 Å². The zero-order valence-corrected chi connectivity index (χ0v) is 18.4. The van der Waals surface area contributed by atoms with Crippen LogP contribution in [0.25, 0.3) is 0 Å². The summed E-state index contributed by atoms with van der Waals surface area (Å²) >= 11 is 0. The minimum absolute atomic E-state index is 0.0691. The number of nitrogens with zero attached hydrogens (tertiary/aromatic N) is 3. The summed E-state index contributed by atoms with van der Waals surface area (Å²) in [7, 11) is 0. The highest BCUT2D eigenvalue weighted by Gasteiger charge is 2.44. The Morgan fingerprint density at radius 2 is 1.83 bits per heavy atom. The second-order valence-electron chi connectivity index (χ2n) is 7.40. The smallest absolute Gasteiger partial charge is 0.471 e. The number of carbonyl (C=O) groups is 2. The number of carbonyl (C=O) groups excluding carboxylic acids is 2. The summed E-state index contributed by atoms with van der Waals surface area (Å²) < 4.78 is 58.7. The van der Waals surface area contributed by atoms with E-state index in [0.29, 0.717) is 16.3 Å². The molecule has 0 fully saturated rings. The highest BCUT2D eigenvalue weighted by atomic mass is 19.4. The van der Waals surface area contributed by atoms with E-state index in [1.165, 1.54) is 18.2 Å². The maximum Gasteiger partial charge on any atom is 0.471 e. The number of hydrogen-bond acceptors (Lipinski definition) is 7. The Morgan fingerprint density at radius 1 is 1.08 bits per heavy atom. The second-order valence-corrected chi connectivity index (χ2v) is 7.40. The zero-order chi connectivity index (χ0) is 25.9. The van der Waals surface area contributed by atoms with Crippen molar-refractivity contribution < 1.29 is 31.9 Å². The molecule has 1 aliphatic heterocycles. The molecule has 4 rings (SSSR count). The molecule has 0 unspecified atom stereocenters. The largest absolute Gasteiger partial charge is 0.490 e. The topological polar surface area (TPSA) is 108 Å². The Bertz CT molecular complexity index is 1330. The molecule has 0 radical (unpaired) electrons. The SMILES string of the molecule is C=CC(=O)Nc1cccc(Nc2nc(Nc3ccc4c(c3)N(C(=O)C(F)(F)F)CCO4)ncc2F)c1. The number of benzene rings is 2. The van der Waals surface area contributed by atoms with Gasteiger partial charge in [0.05, 0.1) is 18.4 Å². The van der Waals surface area contributed by atoms with Crippen molar-refractivity contribution >= 4 is 46.3 Å². The van der Waals surface area contributed by atoms with Crippen LogP contribution in [0.1, 0.15) is 0 Å². The number of halogens is 4. The number of aromatic nitrogens is 2. The summed E-state index contributed by atoms with van der Waals surface area (Å²) in [4.78, 5) is 31.8. The molecule has 0 spiro atoms. The van der Waals surface area contributed by atoms with E-state index in [2.05, 4.69) is 32.5 Å². The van der Waals surface area contributed by atoms with E-state index in [4.69, 9.17) is 4.74 Å². The minimum Gasteiger partial charge on any atom is -0.490 e. The van der Waals surface area contributed by atoms with Crippen molar-refractivity contribution in [1.82, 2.24) is 9.97 Å². The van der Waals surface area contributed by atoms with Crippen LogP contribution in [0.2, 0.25) is 0 Å². The number of alkyl halides is 3. The van der Waals surface area contributed by atoms with Gasteiger partial charge in [0.2, 0.25) is 11.9 Å². The van der Waals surface area contributed by atoms with Gasteiger partial charge in [-0.05, 0) is 42.5 Å². The first kappa shape index (κ1) is 24.4. The van der Waals surface area contributed by atoms with Gasteiger partial charge >= 0.3 is 12.1 Å². The molecule has 186 valence electrons. The van der Waals surface area contributed by atoms with Gasteiger partial charge in [-0.25, -0.2) is 9.37 Å². The van der Waals surface area contributed by atoms with Crippen LogP contribution >= 0.6 is 0 Å². The number of fused-ring (bicyclic) bond motifs is 1. The lowest BCUT2D eigenvalue weighted by atomic mass is 10.2. The van der Waals surface area contributed by atoms with Crippen LogP contribution in [0.5, 0.6) is 5.75 Å². The highest BCUT2D eigenvalue weighted by molar-refractivity contribution is 6.00. The van der Waals surface area contributed by atoms with Crippen LogP contribution in [0.4, 0.5) is 52.1 Å². The predicted molar refractivity (Wildman–Crippen MR) is 124 cm³/mol. The number of amides is 2. The summed E-state index contributed by atoms with van der Waals surface area (Å²) in [5, 5.41) is 8.13. The lowest BCUT2D eigenvalue weighted by Crippen LogP contribution is -2.45. The number of nitrogens with one attached hydrogen (secondary N) is 3. The molecule has 2 heterocycles. The molecule has 2 amide bonds. The zero-order valence-electron chi connectivity index (χ0n) is 18.4. The third kappa shape index (κ3) is 5.51. The molecule has 0 bridgehead atoms. The van der Waals surface area contributed by atoms with Crippen LogP contribution in [-0.2, 0) is 9.59 Å². The molecule has 1 aliphatic rings. The molecule has 1 aromatic heterocycles. The molecular weight excluding hydrogens is 484 g/mol. The normalized spacial score (nSPS) is 12.7. The van der Waals surface area contributed by atoms with Gasteiger partial charge in [0.25, 0.3) is 0 Å². The predicted octanol–water partition coefficient (Wildman–Crippen LogP) is 4.52. The first-order valence-corrected chi connectivity index (χ1v) is 10.4. The summed E-state index contributed by atoms with van der Waals surface area (Å²) in [6.07, 6.45) is -3.04. The van der Waals surface area contributed by atoms with Crippen molar-refractivity contribution in [1.29, 1.82) is 0 Å². The summed E-state index contributed by atoms with van der Waals surface area (Å²) in [6, 6.07) is 10.6. The van der Waals surface area contributed by atoms with Crippen molar-refractivity contribution in [3.8, 4) is 5.75 Å². The van der Waals surface area contributed by atoms with Gasteiger partial charge < -0.3 is 20.7 Å². The summed E-state index contributed by atoms with van der Waals surface area (Å²) in [5.41, 5.74) is 1.01. The van der Waals surface area contributed by atoms with Gasteiger partial charge in [-0.3, -0.25) is 14.5 Å². The Balaban J connectivity index is 1.55. The molecule has 9 nitrogen and oxygen atoms in total. The molecular formula is C23H18F4N6O3. The average Bonchev–Trinajstić information content (AvgIpc) is 2.85. The van der Waals surface area contributed by atoms with E-state index in [0.717, 1.165) is 12.3 Å². The fourth-order valence-corrected chi connectivity index (χ4v) is 3.31. The van der Waals surface area contributed by atoms with Crippen LogP contribution in [-0.4, -0.2) is 41.1 Å². The Kier molecular flexibility index (Phi) is 6.72. The molecule has 3 aromatic rings. The van der Waals surface area contributed by atoms with Gasteiger partial charge in [-0.1, -0.05) is 12.6 Å². The fraction of sp³-hybridized carbons (Fsp3) is 0.130. The average molecular weight is 502 g/mol.